The Bertz CT molecular complexity index is 774. The van der Waals surface area contributed by atoms with Crippen molar-refractivity contribution in [3.63, 3.8) is 0 Å². The van der Waals surface area contributed by atoms with Crippen molar-refractivity contribution in [2.45, 2.75) is 4.90 Å². The lowest BCUT2D eigenvalue weighted by molar-refractivity contribution is 0.286. The molecule has 0 heterocycles. The van der Waals surface area contributed by atoms with Gasteiger partial charge >= 0.3 is 0 Å². The van der Waals surface area contributed by atoms with E-state index in [1.54, 1.807) is 31.4 Å². The highest BCUT2D eigenvalue weighted by Gasteiger charge is 2.21. The van der Waals surface area contributed by atoms with E-state index in [0.29, 0.717) is 5.75 Å². The minimum atomic E-state index is -3.68. The van der Waals surface area contributed by atoms with Gasteiger partial charge in [0.05, 0.1) is 12.0 Å². The molecule has 2 rings (SSSR count). The van der Waals surface area contributed by atoms with Crippen LogP contribution in [0.3, 0.4) is 0 Å². The fourth-order valence-electron chi connectivity index (χ4n) is 1.94. The second kappa shape index (κ2) is 8.07. The van der Waals surface area contributed by atoms with Gasteiger partial charge in [0.15, 0.2) is 0 Å². The maximum absolute atomic E-state index is 12.5. The normalized spacial score (nSPS) is 11.5. The summed E-state index contributed by atoms with van der Waals surface area (Å²) < 4.78 is 36.8. The van der Waals surface area contributed by atoms with E-state index < -0.39 is 10.0 Å². The van der Waals surface area contributed by atoms with Gasteiger partial charge in [-0.15, -0.1) is 0 Å². The van der Waals surface area contributed by atoms with Crippen LogP contribution in [0.15, 0.2) is 47.4 Å². The van der Waals surface area contributed by atoms with Gasteiger partial charge in [-0.2, -0.15) is 4.31 Å². The molecule has 2 aromatic rings. The highest BCUT2D eigenvalue weighted by molar-refractivity contribution is 7.89. The summed E-state index contributed by atoms with van der Waals surface area (Å²) in [5.41, 5.74) is 0. The lowest BCUT2D eigenvalue weighted by Crippen LogP contribution is -2.31. The first-order valence-electron chi connectivity index (χ1n) is 7.02. The molecule has 0 unspecified atom stereocenters. The topological polar surface area (TPSA) is 55.8 Å². The number of nitrogens with zero attached hydrogens (tertiary/aromatic N) is 1. The third-order valence-corrected chi connectivity index (χ3v) is 5.55. The first kappa shape index (κ1) is 18.9. The van der Waals surface area contributed by atoms with Crippen molar-refractivity contribution in [2.24, 2.45) is 0 Å². The van der Waals surface area contributed by atoms with Crippen LogP contribution >= 0.6 is 23.2 Å². The number of likely N-dealkylation sites (N-methyl/N-ethyl adjacent to an activating group) is 1. The van der Waals surface area contributed by atoms with Crippen molar-refractivity contribution in [3.05, 3.63) is 52.5 Å². The van der Waals surface area contributed by atoms with Crippen LogP contribution in [-0.4, -0.2) is 40.0 Å². The predicted molar refractivity (Wildman–Crippen MR) is 94.8 cm³/mol. The quantitative estimate of drug-likeness (QED) is 0.724. The minimum absolute atomic E-state index is 0.0481. The number of ether oxygens (including phenoxy) is 2. The third kappa shape index (κ3) is 4.77. The summed E-state index contributed by atoms with van der Waals surface area (Å²) in [5, 5.41) is 0.535. The van der Waals surface area contributed by atoms with Crippen molar-refractivity contribution in [1.29, 1.82) is 0 Å². The molecular weight excluding hydrogens is 373 g/mol. The molecule has 0 radical (unpaired) electrons. The molecule has 0 aliphatic rings. The van der Waals surface area contributed by atoms with E-state index in [1.165, 1.54) is 29.6 Å². The molecule has 5 nitrogen and oxygen atoms in total. The Balaban J connectivity index is 1.98. The molecule has 0 fully saturated rings. The molecule has 130 valence electrons. The summed E-state index contributed by atoms with van der Waals surface area (Å²) in [5.74, 6) is 1.35. The zero-order valence-electron chi connectivity index (χ0n) is 13.2. The molecule has 0 saturated carbocycles. The monoisotopic (exact) mass is 389 g/mol. The second-order valence-electron chi connectivity index (χ2n) is 4.96. The van der Waals surface area contributed by atoms with E-state index in [2.05, 4.69) is 0 Å². The highest BCUT2D eigenvalue weighted by Crippen LogP contribution is 2.24. The Morgan fingerprint density at radius 1 is 1.00 bits per heavy atom. The predicted octanol–water partition coefficient (Wildman–Crippen LogP) is 3.70. The molecule has 0 aliphatic heterocycles. The van der Waals surface area contributed by atoms with E-state index in [0.717, 1.165) is 5.75 Å². The van der Waals surface area contributed by atoms with Gasteiger partial charge in [0.1, 0.15) is 18.1 Å². The van der Waals surface area contributed by atoms with Gasteiger partial charge in [-0.05, 0) is 42.5 Å². The van der Waals surface area contributed by atoms with Gasteiger partial charge < -0.3 is 9.47 Å². The molecule has 0 spiro atoms. The summed E-state index contributed by atoms with van der Waals surface area (Å²) in [7, 11) is -0.630. The van der Waals surface area contributed by atoms with Gasteiger partial charge in [0.2, 0.25) is 10.0 Å². The van der Waals surface area contributed by atoms with Gasteiger partial charge in [0, 0.05) is 23.6 Å². The molecular formula is C16H17Cl2NO4S. The van der Waals surface area contributed by atoms with Crippen LogP contribution in [0, 0.1) is 0 Å². The first-order valence-corrected chi connectivity index (χ1v) is 9.22. The molecule has 8 heteroatoms. The van der Waals surface area contributed by atoms with E-state index in [9.17, 15) is 8.42 Å². The molecule has 0 bridgehead atoms. The number of hydrogen-bond donors (Lipinski definition) is 0. The molecule has 24 heavy (non-hydrogen) atoms. The highest BCUT2D eigenvalue weighted by atomic mass is 35.5. The summed E-state index contributed by atoms with van der Waals surface area (Å²) in [4.78, 5) is 0.0481. The van der Waals surface area contributed by atoms with Gasteiger partial charge in [-0.1, -0.05) is 23.2 Å². The fourth-order valence-corrected chi connectivity index (χ4v) is 3.82. The van der Waals surface area contributed by atoms with Crippen LogP contribution in [0.4, 0.5) is 0 Å². The zero-order valence-corrected chi connectivity index (χ0v) is 15.5. The molecule has 0 atom stereocenters. The number of hydrogen-bond acceptors (Lipinski definition) is 4. The van der Waals surface area contributed by atoms with Crippen molar-refractivity contribution >= 4 is 33.2 Å². The van der Waals surface area contributed by atoms with Crippen LogP contribution in [0.2, 0.25) is 10.0 Å². The first-order chi connectivity index (χ1) is 11.3. The molecule has 0 aromatic heterocycles. The number of halogens is 2. The SMILES string of the molecule is COc1ccc(OCCN(C)S(=O)(=O)c2cc(Cl)cc(Cl)c2)cc1. The number of sulfonamides is 1. The third-order valence-electron chi connectivity index (χ3n) is 3.28. The lowest BCUT2D eigenvalue weighted by atomic mass is 10.3. The van der Waals surface area contributed by atoms with Gasteiger partial charge in [0.25, 0.3) is 0 Å². The maximum Gasteiger partial charge on any atom is 0.243 e. The Morgan fingerprint density at radius 2 is 1.54 bits per heavy atom. The Morgan fingerprint density at radius 3 is 2.08 bits per heavy atom. The van der Waals surface area contributed by atoms with Crippen LogP contribution < -0.4 is 9.47 Å². The van der Waals surface area contributed by atoms with Crippen LogP contribution in [-0.2, 0) is 10.0 Å². The van der Waals surface area contributed by atoms with E-state index in [1.807, 2.05) is 0 Å². The molecule has 0 aliphatic carbocycles. The lowest BCUT2D eigenvalue weighted by Gasteiger charge is -2.18. The van der Waals surface area contributed by atoms with Gasteiger partial charge in [-0.3, -0.25) is 0 Å². The summed E-state index contributed by atoms with van der Waals surface area (Å²) in [6, 6.07) is 11.3. The summed E-state index contributed by atoms with van der Waals surface area (Å²) in [6.07, 6.45) is 0. The van der Waals surface area contributed by atoms with E-state index in [4.69, 9.17) is 32.7 Å². The largest absolute Gasteiger partial charge is 0.497 e. The van der Waals surface area contributed by atoms with Crippen LogP contribution in [0.1, 0.15) is 0 Å². The summed E-state index contributed by atoms with van der Waals surface area (Å²) >= 11 is 11.7. The average Bonchev–Trinajstić information content (AvgIpc) is 2.54. The Kier molecular flexibility index (Phi) is 6.34. The minimum Gasteiger partial charge on any atom is -0.497 e. The van der Waals surface area contributed by atoms with Crippen molar-refractivity contribution < 1.29 is 17.9 Å². The maximum atomic E-state index is 12.5. The average molecular weight is 390 g/mol. The molecule has 0 N–H and O–H groups in total. The fraction of sp³-hybridized carbons (Fsp3) is 0.250. The smallest absolute Gasteiger partial charge is 0.243 e. The van der Waals surface area contributed by atoms with Crippen LogP contribution in [0.25, 0.3) is 0 Å². The molecule has 2 aromatic carbocycles. The van der Waals surface area contributed by atoms with Crippen molar-refractivity contribution in [1.82, 2.24) is 4.31 Å². The van der Waals surface area contributed by atoms with Crippen LogP contribution in [0.5, 0.6) is 11.5 Å². The number of rotatable bonds is 7. The van der Waals surface area contributed by atoms with Crippen molar-refractivity contribution in [3.8, 4) is 11.5 Å². The molecule has 0 amide bonds. The zero-order chi connectivity index (χ0) is 17.7. The van der Waals surface area contributed by atoms with Gasteiger partial charge in [-0.25, -0.2) is 8.42 Å². The number of benzene rings is 2. The standard InChI is InChI=1S/C16H17Cl2NO4S/c1-19(7-8-23-15-5-3-14(22-2)4-6-15)24(20,21)16-10-12(17)9-13(18)11-16/h3-6,9-11H,7-8H2,1-2H3. The van der Waals surface area contributed by atoms with E-state index in [-0.39, 0.29) is 28.1 Å². The summed E-state index contributed by atoms with van der Waals surface area (Å²) in [6.45, 7) is 0.384. The van der Waals surface area contributed by atoms with Crippen molar-refractivity contribution in [2.75, 3.05) is 27.3 Å². The number of methoxy groups -OCH3 is 1. The molecule has 0 saturated heterocycles. The Labute approximate surface area is 151 Å². The second-order valence-corrected chi connectivity index (χ2v) is 7.87. The van der Waals surface area contributed by atoms with E-state index >= 15 is 0 Å². The Hall–Kier alpha value is -1.47.